The Bertz CT molecular complexity index is 764. The summed E-state index contributed by atoms with van der Waals surface area (Å²) in [6.45, 7) is 1.45. The molecule has 0 bridgehead atoms. The second-order valence-electron chi connectivity index (χ2n) is 4.35. The van der Waals surface area contributed by atoms with Gasteiger partial charge in [-0.1, -0.05) is 12.1 Å². The molecule has 0 spiro atoms. The van der Waals surface area contributed by atoms with Crippen molar-refractivity contribution in [2.75, 3.05) is 10.5 Å². The third-order valence-corrected chi connectivity index (χ3v) is 4.15. The lowest BCUT2D eigenvalue weighted by Gasteiger charge is -2.12. The van der Waals surface area contributed by atoms with E-state index in [4.69, 9.17) is 5.73 Å². The average molecular weight is 316 g/mol. The van der Waals surface area contributed by atoms with Crippen LogP contribution in [0.25, 0.3) is 0 Å². The fraction of sp³-hybridized carbons (Fsp3) is 0.0769. The molecule has 0 aliphatic carbocycles. The summed E-state index contributed by atoms with van der Waals surface area (Å²) in [5.41, 5.74) is 4.86. The number of nitrogen functional groups attached to an aromatic ring is 1. The summed E-state index contributed by atoms with van der Waals surface area (Å²) in [6.07, 6.45) is 0. The summed E-state index contributed by atoms with van der Waals surface area (Å²) in [5.74, 6) is -3.56. The monoisotopic (exact) mass is 316 g/mol. The standard InChI is InChI=1S/C13H11F3N2O2S/c1-7-3-2-4-9(14)12(7)18-21(19,20)13-10(15)5-8(17)6-11(13)16/h2-6,18H,17H2,1H3. The fourth-order valence-corrected chi connectivity index (χ4v) is 3.04. The molecule has 0 saturated carbocycles. The van der Waals surface area contributed by atoms with Crippen molar-refractivity contribution in [2.45, 2.75) is 11.8 Å². The molecule has 4 nitrogen and oxygen atoms in total. The number of anilines is 2. The van der Waals surface area contributed by atoms with Gasteiger partial charge in [0, 0.05) is 5.69 Å². The minimum absolute atomic E-state index is 0.258. The summed E-state index contributed by atoms with van der Waals surface area (Å²) in [5, 5.41) is 0. The molecule has 0 heterocycles. The largest absolute Gasteiger partial charge is 0.399 e. The molecule has 0 saturated heterocycles. The summed E-state index contributed by atoms with van der Waals surface area (Å²) in [4.78, 5) is -1.21. The molecule has 0 aliphatic rings. The maximum absolute atomic E-state index is 13.7. The van der Waals surface area contributed by atoms with E-state index in [1.165, 1.54) is 19.1 Å². The van der Waals surface area contributed by atoms with Gasteiger partial charge in [0.1, 0.15) is 17.5 Å². The van der Waals surface area contributed by atoms with Gasteiger partial charge in [-0.15, -0.1) is 0 Å². The number of hydrogen-bond donors (Lipinski definition) is 2. The van der Waals surface area contributed by atoms with Crippen molar-refractivity contribution in [2.24, 2.45) is 0 Å². The second kappa shape index (κ2) is 5.28. The number of nitrogens with one attached hydrogen (secondary N) is 1. The molecule has 2 aromatic carbocycles. The van der Waals surface area contributed by atoms with E-state index in [-0.39, 0.29) is 16.9 Å². The fourth-order valence-electron chi connectivity index (χ4n) is 1.78. The Morgan fingerprint density at radius 2 is 1.62 bits per heavy atom. The van der Waals surface area contributed by atoms with Crippen molar-refractivity contribution in [3.63, 3.8) is 0 Å². The van der Waals surface area contributed by atoms with Gasteiger partial charge in [-0.25, -0.2) is 21.6 Å². The average Bonchev–Trinajstić information content (AvgIpc) is 2.32. The zero-order valence-electron chi connectivity index (χ0n) is 10.8. The molecule has 8 heteroatoms. The van der Waals surface area contributed by atoms with Gasteiger partial charge in [-0.2, -0.15) is 0 Å². The molecular weight excluding hydrogens is 305 g/mol. The minimum atomic E-state index is -4.63. The first-order valence-electron chi connectivity index (χ1n) is 5.75. The first kappa shape index (κ1) is 15.2. The highest BCUT2D eigenvalue weighted by atomic mass is 32.2. The Kier molecular flexibility index (Phi) is 3.82. The third-order valence-electron chi connectivity index (χ3n) is 2.75. The molecule has 0 aromatic heterocycles. The molecule has 0 radical (unpaired) electrons. The van der Waals surface area contributed by atoms with E-state index in [1.54, 1.807) is 0 Å². The van der Waals surface area contributed by atoms with Gasteiger partial charge in [0.25, 0.3) is 10.0 Å². The molecule has 3 N–H and O–H groups in total. The van der Waals surface area contributed by atoms with Crippen molar-refractivity contribution in [3.8, 4) is 0 Å². The second-order valence-corrected chi connectivity index (χ2v) is 5.97. The van der Waals surface area contributed by atoms with E-state index in [9.17, 15) is 21.6 Å². The van der Waals surface area contributed by atoms with Crippen LogP contribution in [0.4, 0.5) is 24.5 Å². The topological polar surface area (TPSA) is 72.2 Å². The SMILES string of the molecule is Cc1cccc(F)c1NS(=O)(=O)c1c(F)cc(N)cc1F. The van der Waals surface area contributed by atoms with Gasteiger partial charge in [0.15, 0.2) is 4.90 Å². The normalized spacial score (nSPS) is 11.4. The van der Waals surface area contributed by atoms with Crippen LogP contribution in [0.2, 0.25) is 0 Å². The minimum Gasteiger partial charge on any atom is -0.399 e. The number of nitrogens with two attached hydrogens (primary N) is 1. The van der Waals surface area contributed by atoms with Gasteiger partial charge < -0.3 is 5.73 Å². The molecule has 112 valence electrons. The van der Waals surface area contributed by atoms with E-state index in [1.807, 2.05) is 4.72 Å². The van der Waals surface area contributed by atoms with E-state index in [2.05, 4.69) is 0 Å². The summed E-state index contributed by atoms with van der Waals surface area (Å²) < 4.78 is 67.0. The van der Waals surface area contributed by atoms with Crippen LogP contribution >= 0.6 is 0 Å². The van der Waals surface area contributed by atoms with Crippen LogP contribution in [0.5, 0.6) is 0 Å². The summed E-state index contributed by atoms with van der Waals surface area (Å²) in [6, 6.07) is 5.21. The zero-order valence-corrected chi connectivity index (χ0v) is 11.6. The van der Waals surface area contributed by atoms with Gasteiger partial charge in [-0.3, -0.25) is 4.72 Å². The van der Waals surface area contributed by atoms with Crippen LogP contribution in [0.3, 0.4) is 0 Å². The molecule has 0 unspecified atom stereocenters. The molecule has 0 atom stereocenters. The number of para-hydroxylation sites is 1. The van der Waals surface area contributed by atoms with Crippen LogP contribution in [0.15, 0.2) is 35.2 Å². The van der Waals surface area contributed by atoms with E-state index in [0.717, 1.165) is 6.07 Å². The van der Waals surface area contributed by atoms with Gasteiger partial charge >= 0.3 is 0 Å². The smallest absolute Gasteiger partial charge is 0.267 e. The summed E-state index contributed by atoms with van der Waals surface area (Å²) in [7, 11) is -4.63. The maximum Gasteiger partial charge on any atom is 0.267 e. The van der Waals surface area contributed by atoms with Gasteiger partial charge in [-0.05, 0) is 30.7 Å². The zero-order chi connectivity index (χ0) is 15.8. The van der Waals surface area contributed by atoms with E-state index >= 15 is 0 Å². The lowest BCUT2D eigenvalue weighted by molar-refractivity contribution is 0.522. The lowest BCUT2D eigenvalue weighted by atomic mass is 10.2. The Labute approximate surface area is 119 Å². The van der Waals surface area contributed by atoms with Crippen LogP contribution < -0.4 is 10.5 Å². The number of hydrogen-bond acceptors (Lipinski definition) is 3. The molecule has 0 aliphatic heterocycles. The van der Waals surface area contributed by atoms with Crippen LogP contribution in [-0.2, 0) is 10.0 Å². The molecular formula is C13H11F3N2O2S. The van der Waals surface area contributed by atoms with E-state index in [0.29, 0.717) is 12.1 Å². The number of halogens is 3. The highest BCUT2D eigenvalue weighted by Gasteiger charge is 2.26. The molecule has 2 rings (SSSR count). The quantitative estimate of drug-likeness (QED) is 0.855. The van der Waals surface area contributed by atoms with Crippen molar-refractivity contribution in [1.29, 1.82) is 0 Å². The van der Waals surface area contributed by atoms with Gasteiger partial charge in [0.05, 0.1) is 5.69 Å². The maximum atomic E-state index is 13.7. The first-order chi connectivity index (χ1) is 9.72. The van der Waals surface area contributed by atoms with Crippen LogP contribution in [-0.4, -0.2) is 8.42 Å². The number of aryl methyl sites for hydroxylation is 1. The van der Waals surface area contributed by atoms with Crippen molar-refractivity contribution < 1.29 is 21.6 Å². The predicted octanol–water partition coefficient (Wildman–Crippen LogP) is 2.80. The molecule has 21 heavy (non-hydrogen) atoms. The summed E-state index contributed by atoms with van der Waals surface area (Å²) >= 11 is 0. The molecule has 0 amide bonds. The Hall–Kier alpha value is -2.22. The van der Waals surface area contributed by atoms with Crippen molar-refractivity contribution >= 4 is 21.4 Å². The Morgan fingerprint density at radius 1 is 1.05 bits per heavy atom. The van der Waals surface area contributed by atoms with Crippen molar-refractivity contribution in [3.05, 3.63) is 53.3 Å². The Balaban J connectivity index is 2.54. The van der Waals surface area contributed by atoms with Crippen molar-refractivity contribution in [1.82, 2.24) is 0 Å². The Morgan fingerprint density at radius 3 is 2.14 bits per heavy atom. The highest BCUT2D eigenvalue weighted by molar-refractivity contribution is 7.92. The third kappa shape index (κ3) is 2.94. The predicted molar refractivity (Wildman–Crippen MR) is 72.7 cm³/mol. The molecule has 0 fully saturated rings. The number of sulfonamides is 1. The number of benzene rings is 2. The molecule has 2 aromatic rings. The first-order valence-corrected chi connectivity index (χ1v) is 7.23. The van der Waals surface area contributed by atoms with Crippen LogP contribution in [0.1, 0.15) is 5.56 Å². The van der Waals surface area contributed by atoms with Crippen LogP contribution in [0, 0.1) is 24.4 Å². The number of rotatable bonds is 3. The highest BCUT2D eigenvalue weighted by Crippen LogP contribution is 2.26. The lowest BCUT2D eigenvalue weighted by Crippen LogP contribution is -2.18. The van der Waals surface area contributed by atoms with Gasteiger partial charge in [0.2, 0.25) is 0 Å². The van der Waals surface area contributed by atoms with E-state index < -0.39 is 32.4 Å².